The summed E-state index contributed by atoms with van der Waals surface area (Å²) >= 11 is 5.94. The predicted molar refractivity (Wildman–Crippen MR) is 111 cm³/mol. The Morgan fingerprint density at radius 3 is 2.62 bits per heavy atom. The molecular weight excluding hydrogens is 416 g/mol. The van der Waals surface area contributed by atoms with Gasteiger partial charge in [-0.05, 0) is 43.5 Å². The summed E-state index contributed by atoms with van der Waals surface area (Å²) in [5.41, 5.74) is 1.55. The van der Waals surface area contributed by atoms with Gasteiger partial charge in [0.15, 0.2) is 0 Å². The van der Waals surface area contributed by atoms with Crippen LogP contribution >= 0.6 is 11.6 Å². The van der Waals surface area contributed by atoms with Crippen LogP contribution in [0.2, 0.25) is 5.02 Å². The van der Waals surface area contributed by atoms with Crippen LogP contribution in [0.3, 0.4) is 0 Å². The molecule has 10 heteroatoms. The lowest BCUT2D eigenvalue weighted by atomic mass is 10.2. The van der Waals surface area contributed by atoms with Crippen molar-refractivity contribution in [1.29, 1.82) is 0 Å². The molecule has 0 spiro atoms. The van der Waals surface area contributed by atoms with E-state index < -0.39 is 15.9 Å². The molecule has 2 aromatic rings. The molecule has 1 aromatic carbocycles. The molecule has 1 saturated heterocycles. The van der Waals surface area contributed by atoms with E-state index in [1.165, 1.54) is 19.3 Å². The number of nitrogens with one attached hydrogen (secondary N) is 2. The summed E-state index contributed by atoms with van der Waals surface area (Å²) in [4.78, 5) is 29.1. The van der Waals surface area contributed by atoms with Gasteiger partial charge < -0.3 is 15.2 Å². The molecule has 1 aromatic heterocycles. The van der Waals surface area contributed by atoms with Crippen LogP contribution in [0.5, 0.6) is 0 Å². The number of amides is 2. The topological polar surface area (TPSA) is 103 Å². The largest absolute Gasteiger partial charge is 0.356 e. The van der Waals surface area contributed by atoms with Crippen LogP contribution in [-0.2, 0) is 14.8 Å². The molecule has 8 nitrogen and oxygen atoms in total. The highest BCUT2D eigenvalue weighted by atomic mass is 35.5. The number of hydrogen-bond donors (Lipinski definition) is 2. The van der Waals surface area contributed by atoms with Crippen LogP contribution in [0.1, 0.15) is 28.9 Å². The van der Waals surface area contributed by atoms with Gasteiger partial charge in [0, 0.05) is 37.0 Å². The van der Waals surface area contributed by atoms with E-state index in [-0.39, 0.29) is 23.0 Å². The lowest BCUT2D eigenvalue weighted by molar-refractivity contribution is -0.116. The van der Waals surface area contributed by atoms with Gasteiger partial charge in [-0.1, -0.05) is 17.7 Å². The van der Waals surface area contributed by atoms with Crippen molar-refractivity contribution in [3.05, 3.63) is 46.7 Å². The molecule has 0 atom stereocenters. The van der Waals surface area contributed by atoms with Crippen molar-refractivity contribution < 1.29 is 18.0 Å². The zero-order valence-corrected chi connectivity index (χ0v) is 17.8. The van der Waals surface area contributed by atoms with E-state index in [0.29, 0.717) is 23.8 Å². The highest BCUT2D eigenvalue weighted by molar-refractivity contribution is 7.89. The lowest BCUT2D eigenvalue weighted by Gasteiger charge is -2.16. The quantitative estimate of drug-likeness (QED) is 0.723. The minimum atomic E-state index is -3.94. The maximum atomic E-state index is 12.8. The van der Waals surface area contributed by atoms with Gasteiger partial charge in [-0.3, -0.25) is 9.59 Å². The zero-order chi connectivity index (χ0) is 21.2. The van der Waals surface area contributed by atoms with Crippen molar-refractivity contribution in [1.82, 2.24) is 14.2 Å². The Balaban J connectivity index is 1.68. The first-order valence-corrected chi connectivity index (χ1v) is 11.0. The number of rotatable bonds is 6. The standard InChI is InChI=1S/C19H23ClN4O4S/c1-13-5-6-14(20)9-16(13)22-18(25)12-23(2)29(27,28)15-10-17(21-11-15)19(26)24-7-3-4-8-24/h5-6,9-11,21H,3-4,7-8,12H2,1-2H3,(H,22,25). The summed E-state index contributed by atoms with van der Waals surface area (Å²) in [6, 6.07) is 6.38. The molecule has 1 fully saturated rings. The van der Waals surface area contributed by atoms with Crippen molar-refractivity contribution in [2.24, 2.45) is 0 Å². The molecule has 29 heavy (non-hydrogen) atoms. The third-order valence-electron chi connectivity index (χ3n) is 4.83. The van der Waals surface area contributed by atoms with Gasteiger partial charge in [0.2, 0.25) is 15.9 Å². The highest BCUT2D eigenvalue weighted by Gasteiger charge is 2.27. The van der Waals surface area contributed by atoms with Gasteiger partial charge in [0.25, 0.3) is 5.91 Å². The van der Waals surface area contributed by atoms with Crippen molar-refractivity contribution >= 4 is 39.1 Å². The number of aromatic nitrogens is 1. The number of halogens is 1. The monoisotopic (exact) mass is 438 g/mol. The maximum Gasteiger partial charge on any atom is 0.270 e. The molecule has 1 aliphatic rings. The van der Waals surface area contributed by atoms with Crippen molar-refractivity contribution in [2.45, 2.75) is 24.7 Å². The molecule has 3 rings (SSSR count). The fourth-order valence-electron chi connectivity index (χ4n) is 3.12. The van der Waals surface area contributed by atoms with E-state index in [2.05, 4.69) is 10.3 Å². The fourth-order valence-corrected chi connectivity index (χ4v) is 4.42. The Morgan fingerprint density at radius 2 is 1.93 bits per heavy atom. The van der Waals surface area contributed by atoms with E-state index in [4.69, 9.17) is 11.6 Å². The average Bonchev–Trinajstić information content (AvgIpc) is 3.36. The number of H-pyrrole nitrogens is 1. The van der Waals surface area contributed by atoms with Crippen LogP contribution in [-0.4, -0.2) is 61.1 Å². The fraction of sp³-hybridized carbons (Fsp3) is 0.368. The number of carbonyl (C=O) groups excluding carboxylic acids is 2. The van der Waals surface area contributed by atoms with Gasteiger partial charge in [0.05, 0.1) is 6.54 Å². The lowest BCUT2D eigenvalue weighted by Crippen LogP contribution is -2.35. The molecular formula is C19H23ClN4O4S. The van der Waals surface area contributed by atoms with Crippen molar-refractivity contribution in [2.75, 3.05) is 32.0 Å². The number of likely N-dealkylation sites (tertiary alicyclic amines) is 1. The molecule has 156 valence electrons. The molecule has 0 radical (unpaired) electrons. The Morgan fingerprint density at radius 1 is 1.24 bits per heavy atom. The molecule has 2 amide bonds. The third-order valence-corrected chi connectivity index (χ3v) is 6.84. The summed E-state index contributed by atoms with van der Waals surface area (Å²) in [5.74, 6) is -0.717. The number of hydrogen-bond acceptors (Lipinski definition) is 4. The molecule has 2 heterocycles. The Bertz CT molecular complexity index is 1030. The van der Waals surface area contributed by atoms with Gasteiger partial charge in [0.1, 0.15) is 10.6 Å². The summed E-state index contributed by atoms with van der Waals surface area (Å²) in [7, 11) is -2.62. The van der Waals surface area contributed by atoms with E-state index in [9.17, 15) is 18.0 Å². The summed E-state index contributed by atoms with van der Waals surface area (Å²) < 4.78 is 26.5. The van der Waals surface area contributed by atoms with Gasteiger partial charge in [-0.15, -0.1) is 0 Å². The normalized spacial score (nSPS) is 14.4. The minimum Gasteiger partial charge on any atom is -0.356 e. The van der Waals surface area contributed by atoms with Crippen molar-refractivity contribution in [3.8, 4) is 0 Å². The number of likely N-dealkylation sites (N-methyl/N-ethyl adjacent to an activating group) is 1. The minimum absolute atomic E-state index is 0.0608. The first kappa shape index (κ1) is 21.4. The molecule has 0 saturated carbocycles. The van der Waals surface area contributed by atoms with Gasteiger partial charge in [-0.2, -0.15) is 4.31 Å². The second-order valence-corrected chi connectivity index (χ2v) is 9.50. The molecule has 0 bridgehead atoms. The van der Waals surface area contributed by atoms with Crippen LogP contribution < -0.4 is 5.32 Å². The number of nitrogens with zero attached hydrogens (tertiary/aromatic N) is 2. The SMILES string of the molecule is Cc1ccc(Cl)cc1NC(=O)CN(C)S(=O)(=O)c1c[nH]c(C(=O)N2CCCC2)c1. The van der Waals surface area contributed by atoms with E-state index in [1.54, 1.807) is 23.1 Å². The van der Waals surface area contributed by atoms with Crippen molar-refractivity contribution in [3.63, 3.8) is 0 Å². The Hall–Kier alpha value is -2.36. The number of benzene rings is 1. The summed E-state index contributed by atoms with van der Waals surface area (Å²) in [5, 5.41) is 3.13. The molecule has 2 N–H and O–H groups in total. The molecule has 0 aliphatic carbocycles. The van der Waals surface area contributed by atoms with Crippen LogP contribution in [0.15, 0.2) is 35.4 Å². The first-order valence-electron chi connectivity index (χ1n) is 9.18. The van der Waals surface area contributed by atoms with Crippen LogP contribution in [0.4, 0.5) is 5.69 Å². The second-order valence-electron chi connectivity index (χ2n) is 7.02. The number of anilines is 1. The third kappa shape index (κ3) is 4.80. The Kier molecular flexibility index (Phi) is 6.30. The number of carbonyl (C=O) groups is 2. The smallest absolute Gasteiger partial charge is 0.270 e. The number of sulfonamides is 1. The van der Waals surface area contributed by atoms with Crippen LogP contribution in [0.25, 0.3) is 0 Å². The molecule has 0 unspecified atom stereocenters. The Labute approximate surface area is 174 Å². The maximum absolute atomic E-state index is 12.8. The van der Waals surface area contributed by atoms with E-state index in [0.717, 1.165) is 22.7 Å². The van der Waals surface area contributed by atoms with Gasteiger partial charge in [-0.25, -0.2) is 8.42 Å². The highest BCUT2D eigenvalue weighted by Crippen LogP contribution is 2.21. The number of aryl methyl sites for hydroxylation is 1. The average molecular weight is 439 g/mol. The van der Waals surface area contributed by atoms with E-state index in [1.807, 2.05) is 6.92 Å². The van der Waals surface area contributed by atoms with Gasteiger partial charge >= 0.3 is 0 Å². The van der Waals surface area contributed by atoms with Crippen LogP contribution in [0, 0.1) is 6.92 Å². The molecule has 1 aliphatic heterocycles. The zero-order valence-electron chi connectivity index (χ0n) is 16.2. The number of aromatic amines is 1. The van der Waals surface area contributed by atoms with E-state index >= 15 is 0 Å². The predicted octanol–water partition coefficient (Wildman–Crippen LogP) is 2.47. The summed E-state index contributed by atoms with van der Waals surface area (Å²) in [6.07, 6.45) is 3.16. The second kappa shape index (κ2) is 8.56. The summed E-state index contributed by atoms with van der Waals surface area (Å²) in [6.45, 7) is 2.77. The first-order chi connectivity index (χ1) is 13.7.